The second-order valence-electron chi connectivity index (χ2n) is 3.84. The molecule has 0 saturated heterocycles. The van der Waals surface area contributed by atoms with Gasteiger partial charge < -0.3 is 20.9 Å². The third-order valence-corrected chi connectivity index (χ3v) is 2.51. The molecule has 1 unspecified atom stereocenters. The number of carbonyl (C=O) groups is 2. The lowest BCUT2D eigenvalue weighted by Gasteiger charge is -2.14. The first-order valence-electron chi connectivity index (χ1n) is 5.57. The zero-order chi connectivity index (χ0) is 14.4. The summed E-state index contributed by atoms with van der Waals surface area (Å²) in [5, 5.41) is 11.3. The predicted molar refractivity (Wildman–Crippen MR) is 71.1 cm³/mol. The zero-order valence-corrected chi connectivity index (χ0v) is 10.6. The monoisotopic (exact) mass is 264 g/mol. The van der Waals surface area contributed by atoms with E-state index >= 15 is 0 Å². The largest absolute Gasteiger partial charge is 0.497 e. The number of carbonyl (C=O) groups excluding carboxylic acids is 1. The van der Waals surface area contributed by atoms with Gasteiger partial charge in [0.15, 0.2) is 0 Å². The van der Waals surface area contributed by atoms with Crippen molar-refractivity contribution in [3.05, 3.63) is 36.4 Å². The number of nitrogens with one attached hydrogen (secondary N) is 1. The highest BCUT2D eigenvalue weighted by molar-refractivity contribution is 6.01. The lowest BCUT2D eigenvalue weighted by Crippen LogP contribution is -2.40. The molecule has 0 aliphatic heterocycles. The van der Waals surface area contributed by atoms with E-state index < -0.39 is 17.9 Å². The molecule has 0 aliphatic rings. The average molecular weight is 264 g/mol. The van der Waals surface area contributed by atoms with Crippen LogP contribution in [-0.2, 0) is 4.79 Å². The fourth-order valence-electron chi connectivity index (χ4n) is 1.48. The van der Waals surface area contributed by atoms with E-state index in [9.17, 15) is 9.59 Å². The van der Waals surface area contributed by atoms with Crippen molar-refractivity contribution >= 4 is 17.6 Å². The van der Waals surface area contributed by atoms with Crippen LogP contribution in [0.5, 0.6) is 5.75 Å². The summed E-state index contributed by atoms with van der Waals surface area (Å²) >= 11 is 0. The Morgan fingerprint density at radius 2 is 2.26 bits per heavy atom. The van der Waals surface area contributed by atoms with Gasteiger partial charge >= 0.3 is 5.97 Å². The molecule has 1 aromatic rings. The molecule has 1 aromatic carbocycles. The van der Waals surface area contributed by atoms with Crippen molar-refractivity contribution in [3.8, 4) is 5.75 Å². The quantitative estimate of drug-likeness (QED) is 0.526. The Balaban J connectivity index is 2.93. The molecule has 0 saturated carbocycles. The standard InChI is InChI=1S/C13H16N2O4/c1-3-4-11(13(17)18)15-12(16)9-7-8(19-2)5-6-10(9)14/h3,5-7,11H,1,4,14H2,2H3,(H,15,16)(H,17,18). The van der Waals surface area contributed by atoms with E-state index in [-0.39, 0.29) is 17.7 Å². The van der Waals surface area contributed by atoms with Crippen molar-refractivity contribution in [3.63, 3.8) is 0 Å². The smallest absolute Gasteiger partial charge is 0.326 e. The Kier molecular flexibility index (Phi) is 4.93. The molecule has 1 amide bonds. The van der Waals surface area contributed by atoms with Gasteiger partial charge in [-0.15, -0.1) is 6.58 Å². The minimum Gasteiger partial charge on any atom is -0.497 e. The third kappa shape index (κ3) is 3.74. The number of aliphatic carboxylic acids is 1. The number of methoxy groups -OCH3 is 1. The lowest BCUT2D eigenvalue weighted by atomic mass is 10.1. The Morgan fingerprint density at radius 1 is 1.58 bits per heavy atom. The van der Waals surface area contributed by atoms with Crippen molar-refractivity contribution in [2.24, 2.45) is 0 Å². The summed E-state index contributed by atoms with van der Waals surface area (Å²) in [5.74, 6) is -1.23. The van der Waals surface area contributed by atoms with Gasteiger partial charge in [-0.1, -0.05) is 6.08 Å². The summed E-state index contributed by atoms with van der Waals surface area (Å²) in [7, 11) is 1.46. The van der Waals surface area contributed by atoms with Gasteiger partial charge in [-0.05, 0) is 24.6 Å². The van der Waals surface area contributed by atoms with Crippen LogP contribution in [0.4, 0.5) is 5.69 Å². The van der Waals surface area contributed by atoms with E-state index in [1.807, 2.05) is 0 Å². The van der Waals surface area contributed by atoms with E-state index in [1.54, 1.807) is 6.07 Å². The van der Waals surface area contributed by atoms with Crippen LogP contribution >= 0.6 is 0 Å². The van der Waals surface area contributed by atoms with Crippen LogP contribution in [0.3, 0.4) is 0 Å². The first-order chi connectivity index (χ1) is 8.99. The number of benzene rings is 1. The first kappa shape index (κ1) is 14.6. The summed E-state index contributed by atoms with van der Waals surface area (Å²) in [6.45, 7) is 3.45. The van der Waals surface area contributed by atoms with Crippen LogP contribution in [-0.4, -0.2) is 30.1 Å². The summed E-state index contributed by atoms with van der Waals surface area (Å²) in [6, 6.07) is 3.56. The highest BCUT2D eigenvalue weighted by Gasteiger charge is 2.20. The Bertz CT molecular complexity index is 499. The van der Waals surface area contributed by atoms with Gasteiger partial charge in [0.1, 0.15) is 11.8 Å². The Hall–Kier alpha value is -2.50. The summed E-state index contributed by atoms with van der Waals surface area (Å²) in [4.78, 5) is 22.9. The molecule has 0 heterocycles. The van der Waals surface area contributed by atoms with Gasteiger partial charge in [-0.2, -0.15) is 0 Å². The van der Waals surface area contributed by atoms with E-state index in [1.165, 1.54) is 25.3 Å². The van der Waals surface area contributed by atoms with E-state index in [0.29, 0.717) is 5.75 Å². The summed E-state index contributed by atoms with van der Waals surface area (Å²) in [6.07, 6.45) is 1.55. The van der Waals surface area contributed by atoms with E-state index in [0.717, 1.165) is 0 Å². The van der Waals surface area contributed by atoms with Crippen LogP contribution in [0.15, 0.2) is 30.9 Å². The number of carboxylic acids is 1. The molecule has 0 spiro atoms. The molecule has 0 fully saturated rings. The number of rotatable bonds is 6. The van der Waals surface area contributed by atoms with Crippen LogP contribution in [0.1, 0.15) is 16.8 Å². The third-order valence-electron chi connectivity index (χ3n) is 2.51. The van der Waals surface area contributed by atoms with Gasteiger partial charge in [0.05, 0.1) is 12.7 Å². The van der Waals surface area contributed by atoms with Gasteiger partial charge in [-0.25, -0.2) is 4.79 Å². The predicted octanol–water partition coefficient (Wildman–Crippen LogP) is 1.04. The van der Waals surface area contributed by atoms with Crippen LogP contribution < -0.4 is 15.8 Å². The minimum atomic E-state index is -1.13. The maximum absolute atomic E-state index is 12.0. The van der Waals surface area contributed by atoms with Crippen LogP contribution in [0.2, 0.25) is 0 Å². The number of carboxylic acid groups (broad SMARTS) is 1. The van der Waals surface area contributed by atoms with Crippen molar-refractivity contribution in [2.75, 3.05) is 12.8 Å². The van der Waals surface area contributed by atoms with Gasteiger partial charge in [-0.3, -0.25) is 4.79 Å². The summed E-state index contributed by atoms with van der Waals surface area (Å²) < 4.78 is 4.99. The van der Waals surface area contributed by atoms with Crippen molar-refractivity contribution in [1.82, 2.24) is 5.32 Å². The van der Waals surface area contributed by atoms with Crippen LogP contribution in [0, 0.1) is 0 Å². The number of hydrogen-bond acceptors (Lipinski definition) is 4. The number of ether oxygens (including phenoxy) is 1. The fraction of sp³-hybridized carbons (Fsp3) is 0.231. The molecule has 6 heteroatoms. The highest BCUT2D eigenvalue weighted by Crippen LogP contribution is 2.19. The number of hydrogen-bond donors (Lipinski definition) is 3. The molecule has 0 aromatic heterocycles. The number of amides is 1. The number of nitrogen functional groups attached to an aromatic ring is 1. The fourth-order valence-corrected chi connectivity index (χ4v) is 1.48. The highest BCUT2D eigenvalue weighted by atomic mass is 16.5. The number of anilines is 1. The normalized spacial score (nSPS) is 11.4. The van der Waals surface area contributed by atoms with E-state index in [2.05, 4.69) is 11.9 Å². The first-order valence-corrected chi connectivity index (χ1v) is 5.57. The molecule has 0 bridgehead atoms. The van der Waals surface area contributed by atoms with Crippen molar-refractivity contribution in [1.29, 1.82) is 0 Å². The molecule has 6 nitrogen and oxygen atoms in total. The van der Waals surface area contributed by atoms with Gasteiger partial charge in [0, 0.05) is 5.69 Å². The van der Waals surface area contributed by atoms with Gasteiger partial charge in [0.2, 0.25) is 0 Å². The summed E-state index contributed by atoms with van der Waals surface area (Å²) in [5.41, 5.74) is 6.11. The maximum atomic E-state index is 12.0. The molecular weight excluding hydrogens is 248 g/mol. The SMILES string of the molecule is C=CCC(NC(=O)c1cc(OC)ccc1N)C(=O)O. The van der Waals surface area contributed by atoms with Gasteiger partial charge in [0.25, 0.3) is 5.91 Å². The van der Waals surface area contributed by atoms with Crippen molar-refractivity contribution in [2.45, 2.75) is 12.5 Å². The lowest BCUT2D eigenvalue weighted by molar-refractivity contribution is -0.139. The molecule has 1 rings (SSSR count). The number of nitrogens with two attached hydrogens (primary N) is 1. The maximum Gasteiger partial charge on any atom is 0.326 e. The van der Waals surface area contributed by atoms with E-state index in [4.69, 9.17) is 15.6 Å². The van der Waals surface area contributed by atoms with Crippen molar-refractivity contribution < 1.29 is 19.4 Å². The average Bonchev–Trinajstić information content (AvgIpc) is 2.38. The molecule has 19 heavy (non-hydrogen) atoms. The topological polar surface area (TPSA) is 102 Å². The molecule has 0 aliphatic carbocycles. The minimum absolute atomic E-state index is 0.130. The second-order valence-corrected chi connectivity index (χ2v) is 3.84. The molecule has 1 atom stereocenters. The Morgan fingerprint density at radius 3 is 2.79 bits per heavy atom. The van der Waals surface area contributed by atoms with Crippen LogP contribution in [0.25, 0.3) is 0 Å². The molecular formula is C13H16N2O4. The Labute approximate surface area is 110 Å². The molecule has 0 radical (unpaired) electrons. The molecule has 4 N–H and O–H groups in total. The second kappa shape index (κ2) is 6.44. The molecule has 102 valence electrons. The zero-order valence-electron chi connectivity index (χ0n) is 10.6.